The van der Waals surface area contributed by atoms with Gasteiger partial charge in [-0.3, -0.25) is 14.5 Å². The molecule has 1 atom stereocenters. The van der Waals surface area contributed by atoms with Gasteiger partial charge < -0.3 is 9.80 Å². The van der Waals surface area contributed by atoms with E-state index in [0.717, 1.165) is 44.9 Å². The van der Waals surface area contributed by atoms with Gasteiger partial charge in [0, 0.05) is 31.2 Å². The van der Waals surface area contributed by atoms with Crippen LogP contribution >= 0.6 is 0 Å². The molecule has 0 radical (unpaired) electrons. The molecule has 5 heteroatoms. The fraction of sp³-hybridized carbons (Fsp3) is 0.286. The molecule has 170 valence electrons. The summed E-state index contributed by atoms with van der Waals surface area (Å²) in [4.78, 5) is 33.0. The van der Waals surface area contributed by atoms with E-state index in [1.807, 2.05) is 101 Å². The number of hydrogen-bond acceptors (Lipinski definition) is 3. The van der Waals surface area contributed by atoms with Crippen LogP contribution in [0.25, 0.3) is 0 Å². The molecule has 0 aromatic heterocycles. The summed E-state index contributed by atoms with van der Waals surface area (Å²) in [6.07, 6.45) is 0. The molecule has 1 saturated heterocycles. The Kier molecular flexibility index (Phi) is 5.98. The molecule has 1 heterocycles. The van der Waals surface area contributed by atoms with Crippen molar-refractivity contribution >= 4 is 28.9 Å². The lowest BCUT2D eigenvalue weighted by Gasteiger charge is -2.41. The fourth-order valence-electron chi connectivity index (χ4n) is 4.52. The lowest BCUT2D eigenvalue weighted by molar-refractivity contribution is -0.128. The highest BCUT2D eigenvalue weighted by molar-refractivity contribution is 6.15. The molecule has 3 aromatic carbocycles. The van der Waals surface area contributed by atoms with Gasteiger partial charge in [-0.1, -0.05) is 42.0 Å². The van der Waals surface area contributed by atoms with E-state index in [1.165, 1.54) is 0 Å². The number of amides is 2. The normalized spacial score (nSPS) is 16.4. The van der Waals surface area contributed by atoms with Crippen LogP contribution < -0.4 is 14.7 Å². The molecule has 0 spiro atoms. The van der Waals surface area contributed by atoms with Gasteiger partial charge in [0.1, 0.15) is 12.6 Å². The molecule has 2 amide bonds. The molecule has 4 rings (SSSR count). The third-order valence-electron chi connectivity index (χ3n) is 6.52. The van der Waals surface area contributed by atoms with Crippen molar-refractivity contribution in [3.63, 3.8) is 0 Å². The zero-order valence-corrected chi connectivity index (χ0v) is 20.2. The summed E-state index contributed by atoms with van der Waals surface area (Å²) in [6, 6.07) is 19.0. The Morgan fingerprint density at radius 3 is 2.15 bits per heavy atom. The average Bonchev–Trinajstić information content (AvgIpc) is 2.77. The van der Waals surface area contributed by atoms with E-state index in [-0.39, 0.29) is 18.4 Å². The molecule has 3 aromatic rings. The molecule has 33 heavy (non-hydrogen) atoms. The van der Waals surface area contributed by atoms with Gasteiger partial charge in [-0.05, 0) is 74.2 Å². The standard InChI is InChI=1S/C28H31N3O2/c1-18-10-15-24(20(3)16-18)31-26(32)17-30(25-9-7-8-19(2)21(25)4)28(33)27(31)22-11-13-23(14-12-22)29(5)6/h7-16,27H,17H2,1-6H3/t27-/m0/s1. The molecule has 1 aliphatic rings. The van der Waals surface area contributed by atoms with Gasteiger partial charge in [0.25, 0.3) is 5.91 Å². The van der Waals surface area contributed by atoms with Crippen molar-refractivity contribution in [2.75, 3.05) is 35.3 Å². The fourth-order valence-corrected chi connectivity index (χ4v) is 4.52. The first-order chi connectivity index (χ1) is 15.7. The molecule has 0 aliphatic carbocycles. The highest BCUT2D eigenvalue weighted by Gasteiger charge is 2.42. The first kappa shape index (κ1) is 22.6. The number of rotatable bonds is 4. The summed E-state index contributed by atoms with van der Waals surface area (Å²) in [5.74, 6) is -0.190. The minimum Gasteiger partial charge on any atom is -0.378 e. The lowest BCUT2D eigenvalue weighted by atomic mass is 9.96. The van der Waals surface area contributed by atoms with Gasteiger partial charge in [-0.15, -0.1) is 0 Å². The van der Waals surface area contributed by atoms with Gasteiger partial charge in [-0.2, -0.15) is 0 Å². The minimum atomic E-state index is -0.733. The second-order valence-electron chi connectivity index (χ2n) is 9.09. The Morgan fingerprint density at radius 1 is 0.818 bits per heavy atom. The summed E-state index contributed by atoms with van der Waals surface area (Å²) in [5, 5.41) is 0. The number of carbonyl (C=O) groups is 2. The quantitative estimate of drug-likeness (QED) is 0.565. The first-order valence-electron chi connectivity index (χ1n) is 11.2. The predicted molar refractivity (Wildman–Crippen MR) is 135 cm³/mol. The summed E-state index contributed by atoms with van der Waals surface area (Å²) >= 11 is 0. The monoisotopic (exact) mass is 441 g/mol. The maximum atomic E-state index is 14.0. The average molecular weight is 442 g/mol. The SMILES string of the molecule is Cc1ccc(N2C(=O)CN(c3cccc(C)c3C)C(=O)[C@@H]2c2ccc(N(C)C)cc2)c(C)c1. The number of hydrogen-bond donors (Lipinski definition) is 0. The van der Waals surface area contributed by atoms with Crippen LogP contribution in [0.3, 0.4) is 0 Å². The van der Waals surface area contributed by atoms with E-state index >= 15 is 0 Å². The van der Waals surface area contributed by atoms with Crippen LogP contribution in [-0.2, 0) is 9.59 Å². The Balaban J connectivity index is 1.86. The molecule has 5 nitrogen and oxygen atoms in total. The van der Waals surface area contributed by atoms with Crippen LogP contribution in [0.5, 0.6) is 0 Å². The Labute approximate surface area is 196 Å². The smallest absolute Gasteiger partial charge is 0.255 e. The van der Waals surface area contributed by atoms with Crippen molar-refractivity contribution in [3.05, 3.63) is 88.5 Å². The van der Waals surface area contributed by atoms with Gasteiger partial charge in [0.2, 0.25) is 5.91 Å². The van der Waals surface area contributed by atoms with E-state index in [1.54, 1.807) is 9.80 Å². The van der Waals surface area contributed by atoms with Crippen LogP contribution in [0.2, 0.25) is 0 Å². The molecule has 0 saturated carbocycles. The molecule has 0 unspecified atom stereocenters. The molecule has 0 N–H and O–H groups in total. The maximum absolute atomic E-state index is 14.0. The number of carbonyl (C=O) groups excluding carboxylic acids is 2. The number of nitrogens with zero attached hydrogens (tertiary/aromatic N) is 3. The Morgan fingerprint density at radius 2 is 1.52 bits per heavy atom. The number of benzene rings is 3. The summed E-state index contributed by atoms with van der Waals surface area (Å²) in [6.45, 7) is 8.06. The van der Waals surface area contributed by atoms with Crippen molar-refractivity contribution in [2.24, 2.45) is 0 Å². The largest absolute Gasteiger partial charge is 0.378 e. The van der Waals surface area contributed by atoms with Crippen molar-refractivity contribution in [1.29, 1.82) is 0 Å². The Bertz CT molecular complexity index is 1210. The van der Waals surface area contributed by atoms with Crippen LogP contribution in [0, 0.1) is 27.7 Å². The van der Waals surface area contributed by atoms with Crippen molar-refractivity contribution in [2.45, 2.75) is 33.7 Å². The van der Waals surface area contributed by atoms with Crippen molar-refractivity contribution in [1.82, 2.24) is 0 Å². The van der Waals surface area contributed by atoms with Crippen LogP contribution in [0.1, 0.15) is 33.9 Å². The zero-order chi connectivity index (χ0) is 23.9. The van der Waals surface area contributed by atoms with Crippen LogP contribution in [0.15, 0.2) is 60.7 Å². The highest BCUT2D eigenvalue weighted by Crippen LogP contribution is 2.37. The molecule has 0 bridgehead atoms. The van der Waals surface area contributed by atoms with Gasteiger partial charge in [0.05, 0.1) is 0 Å². The molecule has 1 aliphatic heterocycles. The third-order valence-corrected chi connectivity index (χ3v) is 6.52. The van der Waals surface area contributed by atoms with E-state index in [2.05, 4.69) is 6.07 Å². The lowest BCUT2D eigenvalue weighted by Crippen LogP contribution is -2.56. The number of piperazine rings is 1. The first-order valence-corrected chi connectivity index (χ1v) is 11.2. The number of anilines is 3. The maximum Gasteiger partial charge on any atom is 0.255 e. The van der Waals surface area contributed by atoms with Crippen LogP contribution in [-0.4, -0.2) is 32.5 Å². The third kappa shape index (κ3) is 4.11. The highest BCUT2D eigenvalue weighted by atomic mass is 16.2. The van der Waals surface area contributed by atoms with Gasteiger partial charge in [0.15, 0.2) is 0 Å². The van der Waals surface area contributed by atoms with Crippen LogP contribution in [0.4, 0.5) is 17.1 Å². The molecular weight excluding hydrogens is 410 g/mol. The van der Waals surface area contributed by atoms with E-state index < -0.39 is 6.04 Å². The minimum absolute atomic E-state index is 0.0166. The summed E-state index contributed by atoms with van der Waals surface area (Å²) in [7, 11) is 3.96. The summed E-state index contributed by atoms with van der Waals surface area (Å²) in [5.41, 5.74) is 7.62. The van der Waals surface area contributed by atoms with Crippen molar-refractivity contribution in [3.8, 4) is 0 Å². The van der Waals surface area contributed by atoms with Gasteiger partial charge in [-0.25, -0.2) is 0 Å². The summed E-state index contributed by atoms with van der Waals surface area (Å²) < 4.78 is 0. The van der Waals surface area contributed by atoms with E-state index in [4.69, 9.17) is 0 Å². The second-order valence-corrected chi connectivity index (χ2v) is 9.09. The van der Waals surface area contributed by atoms with Gasteiger partial charge >= 0.3 is 0 Å². The van der Waals surface area contributed by atoms with E-state index in [9.17, 15) is 9.59 Å². The molecule has 1 fully saturated rings. The Hall–Kier alpha value is -3.60. The molecular formula is C28H31N3O2. The topological polar surface area (TPSA) is 43.9 Å². The number of aryl methyl sites for hydroxylation is 3. The predicted octanol–water partition coefficient (Wildman–Crippen LogP) is 5.11. The zero-order valence-electron chi connectivity index (χ0n) is 20.2. The van der Waals surface area contributed by atoms with Crippen molar-refractivity contribution < 1.29 is 9.59 Å². The second kappa shape index (κ2) is 8.74. The van der Waals surface area contributed by atoms with E-state index in [0.29, 0.717) is 0 Å².